The third-order valence-corrected chi connectivity index (χ3v) is 2.29. The van der Waals surface area contributed by atoms with Crippen LogP contribution >= 0.6 is 0 Å². The van der Waals surface area contributed by atoms with E-state index in [9.17, 15) is 14.3 Å². The predicted molar refractivity (Wildman–Crippen MR) is 60.6 cm³/mol. The van der Waals surface area contributed by atoms with E-state index in [1.54, 1.807) is 19.9 Å². The molecular weight excluding hydrogens is 225 g/mol. The Balaban J connectivity index is 2.49. The zero-order valence-electron chi connectivity index (χ0n) is 9.48. The monoisotopic (exact) mass is 237 g/mol. The number of aromatic nitrogens is 1. The summed E-state index contributed by atoms with van der Waals surface area (Å²) in [4.78, 5) is 11.7. The van der Waals surface area contributed by atoms with Crippen molar-refractivity contribution < 1.29 is 19.0 Å². The van der Waals surface area contributed by atoms with Gasteiger partial charge in [-0.1, -0.05) is 0 Å². The van der Waals surface area contributed by atoms with Crippen molar-refractivity contribution in [3.63, 3.8) is 0 Å². The average Bonchev–Trinajstić information content (AvgIpc) is 2.60. The molecule has 0 unspecified atom stereocenters. The third-order valence-electron chi connectivity index (χ3n) is 2.29. The van der Waals surface area contributed by atoms with Gasteiger partial charge in [-0.05, 0) is 26.0 Å². The van der Waals surface area contributed by atoms with E-state index in [-0.39, 0.29) is 6.10 Å². The second-order valence-corrected chi connectivity index (χ2v) is 3.98. The molecule has 4 nitrogen and oxygen atoms in total. The fourth-order valence-corrected chi connectivity index (χ4v) is 1.56. The van der Waals surface area contributed by atoms with Crippen LogP contribution in [-0.4, -0.2) is 21.9 Å². The largest absolute Gasteiger partial charge is 0.505 e. The van der Waals surface area contributed by atoms with Crippen molar-refractivity contribution in [3.05, 3.63) is 30.2 Å². The van der Waals surface area contributed by atoms with Gasteiger partial charge in [-0.2, -0.15) is 0 Å². The second-order valence-electron chi connectivity index (χ2n) is 3.98. The summed E-state index contributed by atoms with van der Waals surface area (Å²) in [5.74, 6) is -1.21. The van der Waals surface area contributed by atoms with Crippen LogP contribution in [0.1, 0.15) is 13.8 Å². The van der Waals surface area contributed by atoms with Gasteiger partial charge in [0.1, 0.15) is 0 Å². The molecule has 0 bridgehead atoms. The van der Waals surface area contributed by atoms with Crippen LogP contribution in [-0.2, 0) is 4.74 Å². The van der Waals surface area contributed by atoms with Crippen LogP contribution in [0.15, 0.2) is 24.4 Å². The lowest BCUT2D eigenvalue weighted by molar-refractivity contribution is 0.118. The van der Waals surface area contributed by atoms with E-state index in [4.69, 9.17) is 4.74 Å². The first-order chi connectivity index (χ1) is 7.99. The topological polar surface area (TPSA) is 51.5 Å². The van der Waals surface area contributed by atoms with E-state index in [0.29, 0.717) is 10.9 Å². The Morgan fingerprint density at radius 1 is 1.47 bits per heavy atom. The minimum absolute atomic E-state index is 0.248. The van der Waals surface area contributed by atoms with Gasteiger partial charge >= 0.3 is 6.09 Å². The highest BCUT2D eigenvalue weighted by molar-refractivity contribution is 5.90. The number of nitrogens with zero attached hydrogens (tertiary/aromatic N) is 1. The highest BCUT2D eigenvalue weighted by Gasteiger charge is 2.13. The predicted octanol–water partition coefficient (Wildman–Crippen LogP) is 2.88. The Hall–Kier alpha value is -2.04. The molecule has 5 heteroatoms. The Morgan fingerprint density at radius 3 is 2.82 bits per heavy atom. The summed E-state index contributed by atoms with van der Waals surface area (Å²) in [6.07, 6.45) is 0.663. The van der Waals surface area contributed by atoms with Crippen molar-refractivity contribution in [3.8, 4) is 5.75 Å². The van der Waals surface area contributed by atoms with Gasteiger partial charge in [0.25, 0.3) is 0 Å². The minimum Gasteiger partial charge on any atom is -0.505 e. The van der Waals surface area contributed by atoms with Crippen LogP contribution in [0.4, 0.5) is 9.18 Å². The number of rotatable bonds is 1. The van der Waals surface area contributed by atoms with Crippen molar-refractivity contribution in [2.24, 2.45) is 0 Å². The van der Waals surface area contributed by atoms with E-state index in [1.165, 1.54) is 16.8 Å². The third kappa shape index (κ3) is 2.08. The lowest BCUT2D eigenvalue weighted by Gasteiger charge is -2.09. The maximum Gasteiger partial charge on any atom is 0.418 e. The van der Waals surface area contributed by atoms with Crippen molar-refractivity contribution in [1.82, 2.24) is 4.57 Å². The maximum atomic E-state index is 13.2. The van der Waals surface area contributed by atoms with Gasteiger partial charge < -0.3 is 9.84 Å². The van der Waals surface area contributed by atoms with E-state index in [0.717, 1.165) is 6.07 Å². The fraction of sp³-hybridized carbons (Fsp3) is 0.250. The molecule has 0 aliphatic heterocycles. The second kappa shape index (κ2) is 4.08. The summed E-state index contributed by atoms with van der Waals surface area (Å²) >= 11 is 0. The maximum absolute atomic E-state index is 13.2. The molecule has 0 radical (unpaired) electrons. The molecule has 1 aromatic carbocycles. The van der Waals surface area contributed by atoms with Gasteiger partial charge in [0, 0.05) is 17.6 Å². The van der Waals surface area contributed by atoms with Gasteiger partial charge in [0.05, 0.1) is 11.6 Å². The number of hydrogen-bond acceptors (Lipinski definition) is 3. The number of carbonyl (C=O) groups is 1. The zero-order chi connectivity index (χ0) is 12.6. The Kier molecular flexibility index (Phi) is 2.75. The standard InChI is InChI=1S/C12H12FNO3/c1-7(2)17-12(16)14-4-3-8-5-11(15)9(13)6-10(8)14/h3-7,15H,1-2H3. The summed E-state index contributed by atoms with van der Waals surface area (Å²) < 4.78 is 19.4. The first-order valence-corrected chi connectivity index (χ1v) is 5.19. The average molecular weight is 237 g/mol. The summed E-state index contributed by atoms with van der Waals surface area (Å²) in [7, 11) is 0. The highest BCUT2D eigenvalue weighted by atomic mass is 19.1. The minimum atomic E-state index is -0.769. The molecule has 2 aromatic rings. The SMILES string of the molecule is CC(C)OC(=O)n1ccc2cc(O)c(F)cc21. The van der Waals surface area contributed by atoms with Crippen molar-refractivity contribution in [1.29, 1.82) is 0 Å². The van der Waals surface area contributed by atoms with Crippen LogP contribution in [0.3, 0.4) is 0 Å². The molecular formula is C12H12FNO3. The Labute approximate surface area is 97.2 Å². The van der Waals surface area contributed by atoms with Gasteiger partial charge in [0.2, 0.25) is 0 Å². The molecule has 2 rings (SSSR count). The van der Waals surface area contributed by atoms with Gasteiger partial charge in [-0.25, -0.2) is 9.18 Å². The molecule has 0 saturated carbocycles. The highest BCUT2D eigenvalue weighted by Crippen LogP contribution is 2.24. The molecule has 0 saturated heterocycles. The lowest BCUT2D eigenvalue weighted by Crippen LogP contribution is -2.17. The molecule has 0 amide bonds. The summed E-state index contributed by atoms with van der Waals surface area (Å²) in [5, 5.41) is 9.78. The number of hydrogen-bond donors (Lipinski definition) is 1. The van der Waals surface area contributed by atoms with E-state index in [2.05, 4.69) is 0 Å². The summed E-state index contributed by atoms with van der Waals surface area (Å²) in [6, 6.07) is 3.98. The molecule has 0 aliphatic rings. The molecule has 0 atom stereocenters. The molecule has 0 fully saturated rings. The van der Waals surface area contributed by atoms with Crippen LogP contribution in [0, 0.1) is 5.82 Å². The Morgan fingerprint density at radius 2 is 2.18 bits per heavy atom. The molecule has 17 heavy (non-hydrogen) atoms. The molecule has 1 heterocycles. The first-order valence-electron chi connectivity index (χ1n) is 5.19. The number of fused-ring (bicyclic) bond motifs is 1. The number of benzene rings is 1. The molecule has 0 spiro atoms. The number of halogens is 1. The summed E-state index contributed by atoms with van der Waals surface area (Å²) in [6.45, 7) is 3.46. The van der Waals surface area contributed by atoms with Crippen LogP contribution in [0.2, 0.25) is 0 Å². The van der Waals surface area contributed by atoms with E-state index < -0.39 is 17.7 Å². The zero-order valence-corrected chi connectivity index (χ0v) is 9.48. The van der Waals surface area contributed by atoms with Gasteiger partial charge in [-0.3, -0.25) is 4.57 Å². The quantitative estimate of drug-likeness (QED) is 0.829. The van der Waals surface area contributed by atoms with E-state index in [1.807, 2.05) is 0 Å². The van der Waals surface area contributed by atoms with Crippen LogP contribution < -0.4 is 0 Å². The van der Waals surface area contributed by atoms with Gasteiger partial charge in [0.15, 0.2) is 11.6 Å². The van der Waals surface area contributed by atoms with Crippen LogP contribution in [0.25, 0.3) is 10.9 Å². The lowest BCUT2D eigenvalue weighted by atomic mass is 10.2. The number of aromatic hydroxyl groups is 1. The van der Waals surface area contributed by atoms with Gasteiger partial charge in [-0.15, -0.1) is 0 Å². The molecule has 90 valence electrons. The Bertz CT molecular complexity index is 574. The number of ether oxygens (including phenoxy) is 1. The van der Waals surface area contributed by atoms with Crippen molar-refractivity contribution in [2.45, 2.75) is 20.0 Å². The smallest absolute Gasteiger partial charge is 0.418 e. The molecule has 1 N–H and O–H groups in total. The number of phenolic OH excluding ortho intramolecular Hbond substituents is 1. The number of phenols is 1. The molecule has 1 aromatic heterocycles. The van der Waals surface area contributed by atoms with Crippen molar-refractivity contribution >= 4 is 17.0 Å². The molecule has 0 aliphatic carbocycles. The van der Waals surface area contributed by atoms with E-state index >= 15 is 0 Å². The van der Waals surface area contributed by atoms with Crippen LogP contribution in [0.5, 0.6) is 5.75 Å². The fourth-order valence-electron chi connectivity index (χ4n) is 1.56. The first kappa shape index (κ1) is 11.4. The summed E-state index contributed by atoms with van der Waals surface area (Å²) in [5.41, 5.74) is 0.367. The number of carbonyl (C=O) groups excluding carboxylic acids is 1. The normalized spacial score (nSPS) is 11.1. The van der Waals surface area contributed by atoms with Crippen molar-refractivity contribution in [2.75, 3.05) is 0 Å².